The molecule has 0 saturated heterocycles. The van der Waals surface area contributed by atoms with Gasteiger partial charge in [-0.15, -0.1) is 0 Å². The van der Waals surface area contributed by atoms with Crippen LogP contribution in [0.1, 0.15) is 26.2 Å². The SMILES string of the molecule is CCCCC(NC(=O)N(C)CCN(C)C)C(=O)O. The lowest BCUT2D eigenvalue weighted by Crippen LogP contribution is -2.47. The second-order valence-electron chi connectivity index (χ2n) is 4.71. The Labute approximate surface area is 109 Å². The molecule has 2 N–H and O–H groups in total. The molecular weight excluding hydrogens is 234 g/mol. The van der Waals surface area contributed by atoms with Crippen molar-refractivity contribution in [3.63, 3.8) is 0 Å². The molecule has 0 aliphatic heterocycles. The van der Waals surface area contributed by atoms with E-state index >= 15 is 0 Å². The van der Waals surface area contributed by atoms with Crippen LogP contribution >= 0.6 is 0 Å². The van der Waals surface area contributed by atoms with Crippen molar-refractivity contribution in [1.82, 2.24) is 15.1 Å². The highest BCUT2D eigenvalue weighted by Crippen LogP contribution is 2.01. The van der Waals surface area contributed by atoms with E-state index in [0.29, 0.717) is 13.0 Å². The van der Waals surface area contributed by atoms with Gasteiger partial charge in [-0.25, -0.2) is 9.59 Å². The Morgan fingerprint density at radius 1 is 1.22 bits per heavy atom. The van der Waals surface area contributed by atoms with Crippen LogP contribution in [0.3, 0.4) is 0 Å². The Kier molecular flexibility index (Phi) is 8.11. The van der Waals surface area contributed by atoms with E-state index in [-0.39, 0.29) is 6.03 Å². The van der Waals surface area contributed by atoms with E-state index in [1.165, 1.54) is 4.90 Å². The molecule has 106 valence electrons. The number of carbonyl (C=O) groups is 2. The molecule has 18 heavy (non-hydrogen) atoms. The van der Waals surface area contributed by atoms with Crippen molar-refractivity contribution in [3.05, 3.63) is 0 Å². The molecule has 0 aromatic rings. The zero-order chi connectivity index (χ0) is 14.1. The summed E-state index contributed by atoms with van der Waals surface area (Å²) < 4.78 is 0. The summed E-state index contributed by atoms with van der Waals surface area (Å²) in [6, 6.07) is -1.13. The molecule has 0 aromatic heterocycles. The number of carbonyl (C=O) groups excluding carboxylic acids is 1. The molecule has 0 bridgehead atoms. The van der Waals surface area contributed by atoms with Crippen LogP contribution in [0.4, 0.5) is 4.79 Å². The molecule has 0 spiro atoms. The lowest BCUT2D eigenvalue weighted by molar-refractivity contribution is -0.139. The van der Waals surface area contributed by atoms with Crippen LogP contribution in [-0.2, 0) is 4.79 Å². The Hall–Kier alpha value is -1.30. The second-order valence-corrected chi connectivity index (χ2v) is 4.71. The van der Waals surface area contributed by atoms with Gasteiger partial charge in [-0.05, 0) is 20.5 Å². The maximum Gasteiger partial charge on any atom is 0.326 e. The summed E-state index contributed by atoms with van der Waals surface area (Å²) in [5.74, 6) is -0.974. The van der Waals surface area contributed by atoms with Crippen LogP contribution in [0.5, 0.6) is 0 Å². The Morgan fingerprint density at radius 2 is 1.83 bits per heavy atom. The van der Waals surface area contributed by atoms with Crippen LogP contribution in [0.25, 0.3) is 0 Å². The van der Waals surface area contributed by atoms with Gasteiger partial charge in [0.25, 0.3) is 0 Å². The van der Waals surface area contributed by atoms with Crippen LogP contribution in [-0.4, -0.2) is 67.2 Å². The van der Waals surface area contributed by atoms with Crippen molar-refractivity contribution in [2.24, 2.45) is 0 Å². The van der Waals surface area contributed by atoms with E-state index in [4.69, 9.17) is 5.11 Å². The van der Waals surface area contributed by atoms with Gasteiger partial charge in [0.1, 0.15) is 6.04 Å². The molecule has 0 aliphatic carbocycles. The van der Waals surface area contributed by atoms with Gasteiger partial charge in [-0.1, -0.05) is 19.8 Å². The summed E-state index contributed by atoms with van der Waals surface area (Å²) in [6.45, 7) is 3.31. The third-order valence-electron chi connectivity index (χ3n) is 2.67. The molecule has 0 saturated carbocycles. The zero-order valence-electron chi connectivity index (χ0n) is 11.8. The predicted molar refractivity (Wildman–Crippen MR) is 70.7 cm³/mol. The number of hydrogen-bond acceptors (Lipinski definition) is 3. The van der Waals surface area contributed by atoms with Gasteiger partial charge in [0.15, 0.2) is 0 Å². The molecule has 0 fully saturated rings. The molecule has 6 nitrogen and oxygen atoms in total. The van der Waals surface area contributed by atoms with Crippen molar-refractivity contribution in [2.75, 3.05) is 34.2 Å². The third kappa shape index (κ3) is 7.11. The summed E-state index contributed by atoms with van der Waals surface area (Å²) in [4.78, 5) is 26.2. The van der Waals surface area contributed by atoms with Gasteiger partial charge in [0.2, 0.25) is 0 Å². The fraction of sp³-hybridized carbons (Fsp3) is 0.833. The van der Waals surface area contributed by atoms with E-state index in [1.807, 2.05) is 25.9 Å². The first-order valence-corrected chi connectivity index (χ1v) is 6.27. The zero-order valence-corrected chi connectivity index (χ0v) is 11.8. The number of urea groups is 1. The number of rotatable bonds is 8. The van der Waals surface area contributed by atoms with E-state index in [1.54, 1.807) is 7.05 Å². The van der Waals surface area contributed by atoms with Crippen LogP contribution in [0, 0.1) is 0 Å². The van der Waals surface area contributed by atoms with Gasteiger partial charge in [-0.3, -0.25) is 0 Å². The fourth-order valence-electron chi connectivity index (χ4n) is 1.38. The van der Waals surface area contributed by atoms with Crippen molar-refractivity contribution < 1.29 is 14.7 Å². The average Bonchev–Trinajstić information content (AvgIpc) is 2.30. The summed E-state index contributed by atoms with van der Waals surface area (Å²) in [5, 5.41) is 11.6. The lowest BCUT2D eigenvalue weighted by Gasteiger charge is -2.22. The molecule has 1 atom stereocenters. The lowest BCUT2D eigenvalue weighted by atomic mass is 10.1. The number of hydrogen-bond donors (Lipinski definition) is 2. The highest BCUT2D eigenvalue weighted by molar-refractivity contribution is 5.82. The Bertz CT molecular complexity index is 269. The fourth-order valence-corrected chi connectivity index (χ4v) is 1.38. The second kappa shape index (κ2) is 8.74. The first kappa shape index (κ1) is 16.7. The quantitative estimate of drug-likeness (QED) is 0.677. The largest absolute Gasteiger partial charge is 0.480 e. The molecule has 2 amide bonds. The van der Waals surface area contributed by atoms with E-state index in [9.17, 15) is 9.59 Å². The Balaban J connectivity index is 4.18. The van der Waals surface area contributed by atoms with Crippen LogP contribution in [0.15, 0.2) is 0 Å². The number of nitrogens with one attached hydrogen (secondary N) is 1. The van der Waals surface area contributed by atoms with E-state index < -0.39 is 12.0 Å². The first-order chi connectivity index (χ1) is 8.38. The maximum absolute atomic E-state index is 11.8. The van der Waals surface area contributed by atoms with Crippen LogP contribution < -0.4 is 5.32 Å². The smallest absolute Gasteiger partial charge is 0.326 e. The number of likely N-dealkylation sites (N-methyl/N-ethyl adjacent to an activating group) is 2. The highest BCUT2D eigenvalue weighted by atomic mass is 16.4. The molecule has 0 aliphatic rings. The van der Waals surface area contributed by atoms with Crippen molar-refractivity contribution in [1.29, 1.82) is 0 Å². The molecule has 0 aromatic carbocycles. The third-order valence-corrected chi connectivity index (χ3v) is 2.67. The summed E-state index contributed by atoms with van der Waals surface area (Å²) in [5.41, 5.74) is 0. The van der Waals surface area contributed by atoms with Gasteiger partial charge in [0.05, 0.1) is 0 Å². The highest BCUT2D eigenvalue weighted by Gasteiger charge is 2.20. The number of aliphatic carboxylic acids is 1. The number of amides is 2. The molecule has 6 heteroatoms. The molecular formula is C12H25N3O3. The molecule has 0 rings (SSSR count). The first-order valence-electron chi connectivity index (χ1n) is 6.27. The summed E-state index contributed by atoms with van der Waals surface area (Å²) in [7, 11) is 5.51. The van der Waals surface area contributed by atoms with Crippen LogP contribution in [0.2, 0.25) is 0 Å². The van der Waals surface area contributed by atoms with E-state index in [0.717, 1.165) is 19.4 Å². The van der Waals surface area contributed by atoms with Gasteiger partial charge >= 0.3 is 12.0 Å². The number of carboxylic acids is 1. The molecule has 1 unspecified atom stereocenters. The number of unbranched alkanes of at least 4 members (excludes halogenated alkanes) is 1. The van der Waals surface area contributed by atoms with Gasteiger partial charge in [0, 0.05) is 20.1 Å². The Morgan fingerprint density at radius 3 is 2.28 bits per heavy atom. The minimum Gasteiger partial charge on any atom is -0.480 e. The minimum absolute atomic E-state index is 0.333. The van der Waals surface area contributed by atoms with Gasteiger partial charge < -0.3 is 20.2 Å². The summed E-state index contributed by atoms with van der Waals surface area (Å²) in [6.07, 6.45) is 2.17. The monoisotopic (exact) mass is 259 g/mol. The predicted octanol–water partition coefficient (Wildman–Crippen LogP) is 0.833. The normalized spacial score (nSPS) is 12.3. The van der Waals surface area contributed by atoms with Crippen molar-refractivity contribution in [3.8, 4) is 0 Å². The maximum atomic E-state index is 11.8. The van der Waals surface area contributed by atoms with Crippen molar-refractivity contribution in [2.45, 2.75) is 32.2 Å². The number of nitrogens with zero attached hydrogens (tertiary/aromatic N) is 2. The molecule has 0 heterocycles. The standard InChI is InChI=1S/C12H25N3O3/c1-5-6-7-10(11(16)17)13-12(18)15(4)9-8-14(2)3/h10H,5-9H2,1-4H3,(H,13,18)(H,16,17). The topological polar surface area (TPSA) is 72.9 Å². The van der Waals surface area contributed by atoms with E-state index in [2.05, 4.69) is 5.32 Å². The summed E-state index contributed by atoms with van der Waals surface area (Å²) >= 11 is 0. The van der Waals surface area contributed by atoms with Gasteiger partial charge in [-0.2, -0.15) is 0 Å². The minimum atomic E-state index is -0.974. The molecule has 0 radical (unpaired) electrons. The number of carboxylic acid groups (broad SMARTS) is 1. The average molecular weight is 259 g/mol. The van der Waals surface area contributed by atoms with Crippen molar-refractivity contribution >= 4 is 12.0 Å².